The smallest absolute Gasteiger partial charge is 0.161 e. The molecular formula is C24H31N5O2. The Labute approximate surface area is 183 Å². The maximum absolute atomic E-state index is 5.47. The molecule has 0 atom stereocenters. The van der Waals surface area contributed by atoms with E-state index in [1.54, 1.807) is 14.2 Å². The van der Waals surface area contributed by atoms with E-state index in [-0.39, 0.29) is 0 Å². The van der Waals surface area contributed by atoms with Gasteiger partial charge >= 0.3 is 0 Å². The number of rotatable bonds is 5. The van der Waals surface area contributed by atoms with Crippen molar-refractivity contribution in [3.63, 3.8) is 0 Å². The lowest BCUT2D eigenvalue weighted by Crippen LogP contribution is -2.51. The van der Waals surface area contributed by atoms with E-state index >= 15 is 0 Å². The summed E-state index contributed by atoms with van der Waals surface area (Å²) in [5.41, 5.74) is 2.93. The predicted molar refractivity (Wildman–Crippen MR) is 122 cm³/mol. The highest BCUT2D eigenvalue weighted by atomic mass is 16.5. The van der Waals surface area contributed by atoms with Gasteiger partial charge in [-0.2, -0.15) is 5.10 Å². The average Bonchev–Trinajstić information content (AvgIpc) is 3.29. The van der Waals surface area contributed by atoms with Crippen LogP contribution in [0.15, 0.2) is 36.7 Å². The van der Waals surface area contributed by atoms with Crippen LogP contribution in [0.5, 0.6) is 11.5 Å². The Hall–Kier alpha value is -2.80. The molecule has 2 fully saturated rings. The Kier molecular flexibility index (Phi) is 5.68. The highest BCUT2D eigenvalue weighted by molar-refractivity contribution is 5.76. The highest BCUT2D eigenvalue weighted by Gasteiger charge is 2.26. The Balaban J connectivity index is 1.38. The molecule has 0 spiro atoms. The van der Waals surface area contributed by atoms with E-state index in [4.69, 9.17) is 19.6 Å². The van der Waals surface area contributed by atoms with Crippen molar-refractivity contribution in [1.82, 2.24) is 19.5 Å². The van der Waals surface area contributed by atoms with Gasteiger partial charge in [0.05, 0.1) is 19.9 Å². The first-order valence-electron chi connectivity index (χ1n) is 11.3. The van der Waals surface area contributed by atoms with E-state index in [1.807, 2.05) is 35.1 Å². The average molecular weight is 422 g/mol. The summed E-state index contributed by atoms with van der Waals surface area (Å²) in [6, 6.07) is 8.81. The van der Waals surface area contributed by atoms with E-state index in [2.05, 4.69) is 15.9 Å². The van der Waals surface area contributed by atoms with Crippen LogP contribution in [0.3, 0.4) is 0 Å². The van der Waals surface area contributed by atoms with Crippen LogP contribution >= 0.6 is 0 Å². The molecule has 1 aliphatic carbocycles. The number of ether oxygens (including phenoxy) is 2. The summed E-state index contributed by atoms with van der Waals surface area (Å²) in [7, 11) is 3.30. The van der Waals surface area contributed by atoms with E-state index < -0.39 is 0 Å². The molecular weight excluding hydrogens is 390 g/mol. The van der Waals surface area contributed by atoms with Crippen LogP contribution in [0.25, 0.3) is 16.8 Å². The van der Waals surface area contributed by atoms with Crippen molar-refractivity contribution in [1.29, 1.82) is 0 Å². The molecule has 3 aromatic rings. The largest absolute Gasteiger partial charge is 0.493 e. The molecule has 2 aliphatic rings. The second-order valence-corrected chi connectivity index (χ2v) is 8.49. The molecule has 7 nitrogen and oxygen atoms in total. The summed E-state index contributed by atoms with van der Waals surface area (Å²) in [5.74, 6) is 2.44. The topological polar surface area (TPSA) is 55.1 Å². The first-order valence-corrected chi connectivity index (χ1v) is 11.3. The van der Waals surface area contributed by atoms with Gasteiger partial charge in [0.25, 0.3) is 0 Å². The van der Waals surface area contributed by atoms with Crippen molar-refractivity contribution in [2.45, 2.75) is 38.1 Å². The SMILES string of the molecule is COc1ccc(-c2cc3c(N4CCN(C5CCCCC5)CC4)nccn3n2)cc1OC. The third-order valence-corrected chi connectivity index (χ3v) is 6.75. The molecule has 1 saturated carbocycles. The molecule has 1 saturated heterocycles. The first-order chi connectivity index (χ1) is 15.3. The Morgan fingerprint density at radius 1 is 0.903 bits per heavy atom. The molecule has 0 bridgehead atoms. The van der Waals surface area contributed by atoms with Crippen LogP contribution in [0.2, 0.25) is 0 Å². The van der Waals surface area contributed by atoms with Crippen LogP contribution in [0, 0.1) is 0 Å². The number of benzene rings is 1. The fourth-order valence-electron chi connectivity index (χ4n) is 5.03. The molecule has 0 unspecified atom stereocenters. The Bertz CT molecular complexity index is 1040. The summed E-state index contributed by atoms with van der Waals surface area (Å²) < 4.78 is 12.8. The van der Waals surface area contributed by atoms with Crippen molar-refractivity contribution in [3.05, 3.63) is 36.7 Å². The summed E-state index contributed by atoms with van der Waals surface area (Å²) in [5, 5.41) is 4.80. The number of aromatic nitrogens is 3. The number of piperazine rings is 1. The number of nitrogens with zero attached hydrogens (tertiary/aromatic N) is 5. The van der Waals surface area contributed by atoms with E-state index in [1.165, 1.54) is 32.1 Å². The monoisotopic (exact) mass is 421 g/mol. The Morgan fingerprint density at radius 3 is 2.42 bits per heavy atom. The minimum Gasteiger partial charge on any atom is -0.493 e. The van der Waals surface area contributed by atoms with Crippen molar-refractivity contribution in [3.8, 4) is 22.8 Å². The summed E-state index contributed by atoms with van der Waals surface area (Å²) in [6.07, 6.45) is 10.7. The molecule has 0 radical (unpaired) electrons. The molecule has 0 N–H and O–H groups in total. The van der Waals surface area contributed by atoms with Gasteiger partial charge in [-0.1, -0.05) is 19.3 Å². The molecule has 1 aliphatic heterocycles. The fraction of sp³-hybridized carbons (Fsp3) is 0.500. The maximum atomic E-state index is 5.47. The maximum Gasteiger partial charge on any atom is 0.161 e. The number of anilines is 1. The lowest BCUT2D eigenvalue weighted by Gasteiger charge is -2.41. The van der Waals surface area contributed by atoms with E-state index in [0.717, 1.165) is 54.8 Å². The van der Waals surface area contributed by atoms with Crippen LogP contribution < -0.4 is 14.4 Å². The minimum atomic E-state index is 0.703. The molecule has 2 aromatic heterocycles. The number of hydrogen-bond donors (Lipinski definition) is 0. The van der Waals surface area contributed by atoms with Gasteiger partial charge in [-0.3, -0.25) is 4.90 Å². The minimum absolute atomic E-state index is 0.703. The third-order valence-electron chi connectivity index (χ3n) is 6.75. The van der Waals surface area contributed by atoms with Crippen LogP contribution in [-0.2, 0) is 0 Å². The van der Waals surface area contributed by atoms with Gasteiger partial charge in [-0.15, -0.1) is 0 Å². The van der Waals surface area contributed by atoms with Crippen molar-refractivity contribution < 1.29 is 9.47 Å². The molecule has 1 aromatic carbocycles. The lowest BCUT2D eigenvalue weighted by molar-refractivity contribution is 0.148. The lowest BCUT2D eigenvalue weighted by atomic mass is 9.94. The van der Waals surface area contributed by atoms with E-state index in [0.29, 0.717) is 11.5 Å². The number of hydrogen-bond acceptors (Lipinski definition) is 6. The summed E-state index contributed by atoms with van der Waals surface area (Å²) in [6.45, 7) is 4.26. The van der Waals surface area contributed by atoms with Crippen molar-refractivity contribution in [2.75, 3.05) is 45.3 Å². The van der Waals surface area contributed by atoms with Gasteiger partial charge < -0.3 is 14.4 Å². The molecule has 3 heterocycles. The van der Waals surface area contributed by atoms with Crippen LogP contribution in [0.1, 0.15) is 32.1 Å². The molecule has 5 rings (SSSR count). The summed E-state index contributed by atoms with van der Waals surface area (Å²) in [4.78, 5) is 9.85. The van der Waals surface area contributed by atoms with Gasteiger partial charge in [0.1, 0.15) is 5.52 Å². The molecule has 31 heavy (non-hydrogen) atoms. The van der Waals surface area contributed by atoms with Gasteiger partial charge in [-0.05, 0) is 37.1 Å². The summed E-state index contributed by atoms with van der Waals surface area (Å²) >= 11 is 0. The van der Waals surface area contributed by atoms with Gasteiger partial charge in [-0.25, -0.2) is 9.50 Å². The standard InChI is InChI=1S/C24H31N5O2/c1-30-22-9-8-18(16-23(22)31-2)20-17-21-24(25-10-11-29(21)26-20)28-14-12-27(13-15-28)19-6-4-3-5-7-19/h8-11,16-17,19H,3-7,12-15H2,1-2H3. The molecule has 7 heteroatoms. The quantitative estimate of drug-likeness (QED) is 0.623. The zero-order chi connectivity index (χ0) is 21.2. The molecule has 164 valence electrons. The normalized spacial score (nSPS) is 18.5. The van der Waals surface area contributed by atoms with Crippen LogP contribution in [-0.4, -0.2) is 65.9 Å². The molecule has 0 amide bonds. The van der Waals surface area contributed by atoms with E-state index in [9.17, 15) is 0 Å². The van der Waals surface area contributed by atoms with Crippen molar-refractivity contribution in [2.24, 2.45) is 0 Å². The Morgan fingerprint density at radius 2 is 1.68 bits per heavy atom. The van der Waals surface area contributed by atoms with Crippen molar-refractivity contribution >= 4 is 11.3 Å². The fourth-order valence-corrected chi connectivity index (χ4v) is 5.03. The number of methoxy groups -OCH3 is 2. The van der Waals surface area contributed by atoms with Gasteiger partial charge in [0, 0.05) is 50.2 Å². The van der Waals surface area contributed by atoms with Gasteiger partial charge in [0.2, 0.25) is 0 Å². The van der Waals surface area contributed by atoms with Crippen LogP contribution in [0.4, 0.5) is 5.82 Å². The number of fused-ring (bicyclic) bond motifs is 1. The highest BCUT2D eigenvalue weighted by Crippen LogP contribution is 2.33. The zero-order valence-electron chi connectivity index (χ0n) is 18.5. The first kappa shape index (κ1) is 20.1. The third kappa shape index (κ3) is 3.94. The second-order valence-electron chi connectivity index (χ2n) is 8.49. The second kappa shape index (κ2) is 8.75. The van der Waals surface area contributed by atoms with Gasteiger partial charge in [0.15, 0.2) is 17.3 Å². The zero-order valence-corrected chi connectivity index (χ0v) is 18.5. The predicted octanol–water partition coefficient (Wildman–Crippen LogP) is 3.87.